The number of nitrogens with one attached hydrogen (secondary N) is 2. The topological polar surface area (TPSA) is 136 Å². The quantitative estimate of drug-likeness (QED) is 0.373. The van der Waals surface area contributed by atoms with Crippen molar-refractivity contribution in [2.24, 2.45) is 11.5 Å². The highest BCUT2D eigenvalue weighted by Gasteiger charge is 2.26. The monoisotopic (exact) mass is 496 g/mol. The third-order valence-corrected chi connectivity index (χ3v) is 7.02. The van der Waals surface area contributed by atoms with E-state index in [0.29, 0.717) is 28.8 Å². The van der Waals surface area contributed by atoms with Gasteiger partial charge < -0.3 is 26.8 Å². The molecule has 2 fully saturated rings. The van der Waals surface area contributed by atoms with Crippen LogP contribution in [0.3, 0.4) is 0 Å². The molecule has 3 aromatic rings. The molecule has 36 heavy (non-hydrogen) atoms. The lowest BCUT2D eigenvalue weighted by atomic mass is 9.90. The fraction of sp³-hybridized carbons (Fsp3) is 0.480. The Morgan fingerprint density at radius 1 is 1.22 bits per heavy atom. The Morgan fingerprint density at radius 2 is 2.03 bits per heavy atom. The number of primary amides is 1. The number of benzene rings is 1. The molecule has 1 saturated heterocycles. The number of carbonyl (C=O) groups excluding carboxylic acids is 1. The van der Waals surface area contributed by atoms with E-state index in [9.17, 15) is 4.79 Å². The highest BCUT2D eigenvalue weighted by Crippen LogP contribution is 2.36. The molecule has 5 rings (SSSR count). The molecule has 10 nitrogen and oxygen atoms in total. The van der Waals surface area contributed by atoms with Crippen molar-refractivity contribution < 1.29 is 13.9 Å². The minimum atomic E-state index is -0.622. The van der Waals surface area contributed by atoms with E-state index in [2.05, 4.69) is 25.6 Å². The number of nitrogens with two attached hydrogens (primary N) is 2. The van der Waals surface area contributed by atoms with Crippen molar-refractivity contribution in [3.05, 3.63) is 42.0 Å². The summed E-state index contributed by atoms with van der Waals surface area (Å²) >= 11 is 0. The van der Waals surface area contributed by atoms with Gasteiger partial charge in [0, 0.05) is 44.1 Å². The summed E-state index contributed by atoms with van der Waals surface area (Å²) < 4.78 is 23.2. The number of hydrogen-bond acceptors (Lipinski definition) is 8. The molecular formula is C25H33FN8O2. The Balaban J connectivity index is 1.49. The number of morpholine rings is 1. The number of amides is 1. The summed E-state index contributed by atoms with van der Waals surface area (Å²) in [5.74, 6) is -0.781. The summed E-state index contributed by atoms with van der Waals surface area (Å²) in [5.41, 5.74) is 13.3. The van der Waals surface area contributed by atoms with Crippen LogP contribution < -0.4 is 22.1 Å². The zero-order valence-corrected chi connectivity index (χ0v) is 20.3. The van der Waals surface area contributed by atoms with E-state index in [-0.39, 0.29) is 23.5 Å². The van der Waals surface area contributed by atoms with E-state index >= 15 is 4.39 Å². The zero-order valence-electron chi connectivity index (χ0n) is 20.3. The average Bonchev–Trinajstić information content (AvgIpc) is 3.30. The summed E-state index contributed by atoms with van der Waals surface area (Å²) in [6.45, 7) is 4.66. The second-order valence-electron chi connectivity index (χ2n) is 9.48. The van der Waals surface area contributed by atoms with Crippen LogP contribution in [0, 0.1) is 5.82 Å². The van der Waals surface area contributed by atoms with Crippen molar-refractivity contribution in [2.75, 3.05) is 43.5 Å². The summed E-state index contributed by atoms with van der Waals surface area (Å²) in [4.78, 5) is 18.5. The summed E-state index contributed by atoms with van der Waals surface area (Å²) in [5, 5.41) is 11.5. The number of pyridine rings is 1. The standard InChI is InChI=1S/C25H33FN8O2/c26-22-17-15-34(9-8-33-10-12-36-13-11-33)32-20(17)14-21(23(22)30-19-6-2-1-5-18(19)27)31-25-16(24(28)35)4-3-7-29-25/h3-4,7,14-15,18-19,30H,1-2,5-6,8-13,27H2,(H2,28,35)(H,29,31). The largest absolute Gasteiger partial charge is 0.379 e. The van der Waals surface area contributed by atoms with Crippen LogP contribution in [0.5, 0.6) is 0 Å². The second kappa shape index (κ2) is 10.8. The Bertz CT molecular complexity index is 1230. The first-order valence-corrected chi connectivity index (χ1v) is 12.5. The van der Waals surface area contributed by atoms with Crippen molar-refractivity contribution in [1.82, 2.24) is 19.7 Å². The zero-order chi connectivity index (χ0) is 25.1. The molecule has 0 bridgehead atoms. The molecule has 1 aliphatic heterocycles. The first kappa shape index (κ1) is 24.4. The van der Waals surface area contributed by atoms with Gasteiger partial charge in [-0.25, -0.2) is 9.37 Å². The van der Waals surface area contributed by atoms with Gasteiger partial charge in [-0.3, -0.25) is 14.4 Å². The van der Waals surface area contributed by atoms with Crippen LogP contribution in [0.1, 0.15) is 36.0 Å². The Kier molecular flexibility index (Phi) is 7.30. The fourth-order valence-corrected chi connectivity index (χ4v) is 4.95. The van der Waals surface area contributed by atoms with Gasteiger partial charge in [-0.15, -0.1) is 0 Å². The molecule has 2 unspecified atom stereocenters. The van der Waals surface area contributed by atoms with Gasteiger partial charge in [-0.1, -0.05) is 12.8 Å². The molecule has 1 aromatic carbocycles. The van der Waals surface area contributed by atoms with Crippen LogP contribution in [0.4, 0.5) is 21.6 Å². The summed E-state index contributed by atoms with van der Waals surface area (Å²) in [6.07, 6.45) is 7.13. The lowest BCUT2D eigenvalue weighted by Crippen LogP contribution is -2.42. The van der Waals surface area contributed by atoms with Crippen LogP contribution in [0.2, 0.25) is 0 Å². The Morgan fingerprint density at radius 3 is 2.81 bits per heavy atom. The van der Waals surface area contributed by atoms with Gasteiger partial charge in [0.25, 0.3) is 5.91 Å². The smallest absolute Gasteiger partial charge is 0.252 e. The molecule has 2 atom stereocenters. The van der Waals surface area contributed by atoms with E-state index in [1.807, 2.05) is 0 Å². The first-order chi connectivity index (χ1) is 17.5. The number of rotatable bonds is 8. The minimum Gasteiger partial charge on any atom is -0.379 e. The number of aromatic nitrogens is 3. The van der Waals surface area contributed by atoms with E-state index in [4.69, 9.17) is 16.2 Å². The third kappa shape index (κ3) is 5.28. The number of ether oxygens (including phenoxy) is 1. The number of carbonyl (C=O) groups is 1. The molecule has 3 heterocycles. The first-order valence-electron chi connectivity index (χ1n) is 12.5. The average molecular weight is 497 g/mol. The van der Waals surface area contributed by atoms with Gasteiger partial charge in [0.05, 0.1) is 47.6 Å². The predicted molar refractivity (Wildman–Crippen MR) is 137 cm³/mol. The number of fused-ring (bicyclic) bond motifs is 1. The number of nitrogens with zero attached hydrogens (tertiary/aromatic N) is 4. The van der Waals surface area contributed by atoms with Crippen LogP contribution in [0.25, 0.3) is 10.9 Å². The molecule has 0 spiro atoms. The number of halogens is 1. The Labute approximate surface area is 209 Å². The van der Waals surface area contributed by atoms with Gasteiger partial charge in [-0.2, -0.15) is 5.10 Å². The maximum Gasteiger partial charge on any atom is 0.252 e. The van der Waals surface area contributed by atoms with E-state index < -0.39 is 11.7 Å². The van der Waals surface area contributed by atoms with Gasteiger partial charge >= 0.3 is 0 Å². The molecule has 2 aromatic heterocycles. The highest BCUT2D eigenvalue weighted by atomic mass is 19.1. The Hall–Kier alpha value is -3.28. The maximum absolute atomic E-state index is 16.0. The van der Waals surface area contributed by atoms with Crippen molar-refractivity contribution >= 4 is 34.0 Å². The van der Waals surface area contributed by atoms with E-state index in [0.717, 1.165) is 58.5 Å². The SMILES string of the molecule is NC(=O)c1cccnc1Nc1cc2nn(CCN3CCOCC3)cc2c(F)c1NC1CCCCC1N. The molecule has 0 radical (unpaired) electrons. The number of hydrogen-bond donors (Lipinski definition) is 4. The molecule has 6 N–H and O–H groups in total. The molecular weight excluding hydrogens is 463 g/mol. The van der Waals surface area contributed by atoms with Crippen molar-refractivity contribution in [1.29, 1.82) is 0 Å². The van der Waals surface area contributed by atoms with Crippen molar-refractivity contribution in [2.45, 2.75) is 44.3 Å². The van der Waals surface area contributed by atoms with Gasteiger partial charge in [0.2, 0.25) is 0 Å². The second-order valence-corrected chi connectivity index (χ2v) is 9.48. The summed E-state index contributed by atoms with van der Waals surface area (Å²) in [7, 11) is 0. The van der Waals surface area contributed by atoms with Crippen LogP contribution in [-0.4, -0.2) is 70.5 Å². The molecule has 1 saturated carbocycles. The van der Waals surface area contributed by atoms with Crippen LogP contribution >= 0.6 is 0 Å². The lowest BCUT2D eigenvalue weighted by molar-refractivity contribution is 0.0360. The van der Waals surface area contributed by atoms with Gasteiger partial charge in [0.15, 0.2) is 5.82 Å². The van der Waals surface area contributed by atoms with E-state index in [1.54, 1.807) is 35.3 Å². The van der Waals surface area contributed by atoms with Crippen LogP contribution in [-0.2, 0) is 11.3 Å². The molecule has 11 heteroatoms. The number of anilines is 3. The lowest BCUT2D eigenvalue weighted by Gasteiger charge is -2.31. The predicted octanol–water partition coefficient (Wildman–Crippen LogP) is 2.43. The third-order valence-electron chi connectivity index (χ3n) is 7.02. The molecule has 1 aliphatic carbocycles. The summed E-state index contributed by atoms with van der Waals surface area (Å²) in [6, 6.07) is 4.85. The highest BCUT2D eigenvalue weighted by molar-refractivity contribution is 5.99. The molecule has 192 valence electrons. The molecule has 2 aliphatic rings. The van der Waals surface area contributed by atoms with Crippen LogP contribution in [0.15, 0.2) is 30.6 Å². The molecule has 1 amide bonds. The normalized spacial score (nSPS) is 20.9. The maximum atomic E-state index is 16.0. The van der Waals surface area contributed by atoms with Gasteiger partial charge in [0.1, 0.15) is 5.82 Å². The van der Waals surface area contributed by atoms with Gasteiger partial charge in [-0.05, 0) is 31.0 Å². The fourth-order valence-electron chi connectivity index (χ4n) is 4.95. The van der Waals surface area contributed by atoms with Crippen molar-refractivity contribution in [3.63, 3.8) is 0 Å². The van der Waals surface area contributed by atoms with E-state index in [1.165, 1.54) is 0 Å². The van der Waals surface area contributed by atoms with Crippen molar-refractivity contribution in [3.8, 4) is 0 Å². The minimum absolute atomic E-state index is 0.0676.